The lowest BCUT2D eigenvalue weighted by Crippen LogP contribution is -2.51. The van der Waals surface area contributed by atoms with Crippen molar-refractivity contribution in [3.8, 4) is 0 Å². The number of nitrogens with zero attached hydrogens (tertiary/aromatic N) is 3. The first-order chi connectivity index (χ1) is 15.6. The number of benzene rings is 1. The maximum Gasteiger partial charge on any atom is 0.227 e. The fourth-order valence-corrected chi connectivity index (χ4v) is 5.10. The van der Waals surface area contributed by atoms with Crippen LogP contribution in [0.25, 0.3) is 0 Å². The summed E-state index contributed by atoms with van der Waals surface area (Å²) in [6.07, 6.45) is 4.40. The van der Waals surface area contributed by atoms with Crippen LogP contribution in [0, 0.1) is 11.8 Å². The lowest BCUT2D eigenvalue weighted by molar-refractivity contribution is -0.147. The van der Waals surface area contributed by atoms with Crippen LogP contribution in [0.15, 0.2) is 30.3 Å². The minimum atomic E-state index is -0.115. The van der Waals surface area contributed by atoms with Crippen LogP contribution in [0.4, 0.5) is 0 Å². The predicted molar refractivity (Wildman–Crippen MR) is 121 cm³/mol. The van der Waals surface area contributed by atoms with Crippen molar-refractivity contribution in [1.29, 1.82) is 0 Å². The van der Waals surface area contributed by atoms with Crippen LogP contribution in [-0.4, -0.2) is 84.9 Å². The van der Waals surface area contributed by atoms with Gasteiger partial charge in [-0.15, -0.1) is 0 Å². The summed E-state index contributed by atoms with van der Waals surface area (Å²) >= 11 is 0. The maximum absolute atomic E-state index is 13.2. The topological polar surface area (TPSA) is 70.2 Å². The van der Waals surface area contributed by atoms with Crippen LogP contribution in [0.5, 0.6) is 0 Å². The molecule has 174 valence electrons. The maximum atomic E-state index is 13.2. The number of amides is 3. The van der Waals surface area contributed by atoms with Gasteiger partial charge in [-0.3, -0.25) is 14.4 Å². The molecule has 1 atom stereocenters. The molecule has 3 amide bonds. The molecule has 1 aromatic carbocycles. The smallest absolute Gasteiger partial charge is 0.227 e. The third kappa shape index (κ3) is 5.68. The normalized spacial score (nSPS) is 22.8. The summed E-state index contributed by atoms with van der Waals surface area (Å²) in [5.41, 5.74) is 1.28. The number of piperidine rings is 2. The zero-order valence-corrected chi connectivity index (χ0v) is 18.9. The number of carbonyl (C=O) groups excluding carboxylic acids is 3. The zero-order chi connectivity index (χ0) is 22.3. The largest absolute Gasteiger partial charge is 0.378 e. The molecule has 0 aliphatic carbocycles. The van der Waals surface area contributed by atoms with Gasteiger partial charge in [-0.2, -0.15) is 0 Å². The van der Waals surface area contributed by atoms with Crippen LogP contribution < -0.4 is 0 Å². The summed E-state index contributed by atoms with van der Waals surface area (Å²) in [6.45, 7) is 5.09. The number of hydrogen-bond acceptors (Lipinski definition) is 4. The number of ether oxygens (including phenoxy) is 1. The Labute approximate surface area is 190 Å². The van der Waals surface area contributed by atoms with Crippen LogP contribution >= 0.6 is 0 Å². The first kappa shape index (κ1) is 22.8. The van der Waals surface area contributed by atoms with Crippen molar-refractivity contribution in [2.75, 3.05) is 52.5 Å². The second-order valence-corrected chi connectivity index (χ2v) is 9.20. The minimum absolute atomic E-state index is 0.0135. The molecule has 0 aromatic heterocycles. The Morgan fingerprint density at radius 2 is 1.53 bits per heavy atom. The van der Waals surface area contributed by atoms with E-state index in [9.17, 15) is 14.4 Å². The lowest BCUT2D eigenvalue weighted by atomic mass is 9.91. The van der Waals surface area contributed by atoms with E-state index in [1.54, 1.807) is 0 Å². The summed E-state index contributed by atoms with van der Waals surface area (Å²) in [5.74, 6) is 0.434. The second-order valence-electron chi connectivity index (χ2n) is 9.20. The molecule has 32 heavy (non-hydrogen) atoms. The second kappa shape index (κ2) is 10.9. The average molecular weight is 442 g/mol. The van der Waals surface area contributed by atoms with Crippen molar-refractivity contribution in [2.24, 2.45) is 11.8 Å². The van der Waals surface area contributed by atoms with E-state index >= 15 is 0 Å². The quantitative estimate of drug-likeness (QED) is 0.677. The van der Waals surface area contributed by atoms with Gasteiger partial charge in [0.25, 0.3) is 0 Å². The molecule has 0 unspecified atom stereocenters. The fraction of sp³-hybridized carbons (Fsp3) is 0.640. The van der Waals surface area contributed by atoms with Crippen LogP contribution in [0.1, 0.15) is 37.7 Å². The van der Waals surface area contributed by atoms with Crippen LogP contribution in [-0.2, 0) is 25.5 Å². The van der Waals surface area contributed by atoms with E-state index in [4.69, 9.17) is 4.74 Å². The number of aryl methyl sites for hydroxylation is 1. The zero-order valence-electron chi connectivity index (χ0n) is 18.9. The van der Waals surface area contributed by atoms with Crippen molar-refractivity contribution in [3.63, 3.8) is 0 Å². The molecule has 3 fully saturated rings. The highest BCUT2D eigenvalue weighted by atomic mass is 16.5. The Bertz CT molecular complexity index is 786. The number of likely N-dealkylation sites (tertiary alicyclic amines) is 2. The van der Waals surface area contributed by atoms with E-state index in [-0.39, 0.29) is 29.6 Å². The lowest BCUT2D eigenvalue weighted by Gasteiger charge is -2.38. The molecule has 4 rings (SSSR count). The Morgan fingerprint density at radius 1 is 0.875 bits per heavy atom. The minimum Gasteiger partial charge on any atom is -0.378 e. The molecule has 1 aromatic rings. The molecule has 0 bridgehead atoms. The monoisotopic (exact) mass is 441 g/mol. The van der Waals surface area contributed by atoms with Gasteiger partial charge in [0.05, 0.1) is 19.1 Å². The van der Waals surface area contributed by atoms with E-state index in [2.05, 4.69) is 12.1 Å². The van der Waals surface area contributed by atoms with Gasteiger partial charge >= 0.3 is 0 Å². The van der Waals surface area contributed by atoms with Gasteiger partial charge in [-0.1, -0.05) is 30.3 Å². The van der Waals surface area contributed by atoms with Crippen molar-refractivity contribution in [3.05, 3.63) is 35.9 Å². The van der Waals surface area contributed by atoms with E-state index in [0.29, 0.717) is 65.3 Å². The highest BCUT2D eigenvalue weighted by molar-refractivity contribution is 5.84. The molecule has 7 heteroatoms. The first-order valence-corrected chi connectivity index (χ1v) is 12.1. The molecule has 3 aliphatic heterocycles. The molecule has 3 saturated heterocycles. The first-order valence-electron chi connectivity index (χ1n) is 12.1. The summed E-state index contributed by atoms with van der Waals surface area (Å²) < 4.78 is 5.34. The molecule has 0 spiro atoms. The third-order valence-electron chi connectivity index (χ3n) is 7.06. The third-order valence-corrected chi connectivity index (χ3v) is 7.06. The van der Waals surface area contributed by atoms with Gasteiger partial charge < -0.3 is 19.4 Å². The van der Waals surface area contributed by atoms with Gasteiger partial charge in [0.15, 0.2) is 0 Å². The van der Waals surface area contributed by atoms with Crippen molar-refractivity contribution in [1.82, 2.24) is 14.7 Å². The SMILES string of the molecule is O=C1CC[C@@H](C(=O)N2CCC(C(=O)N3CCOCC3)CC2)CN1CCCc1ccccc1. The van der Waals surface area contributed by atoms with E-state index in [1.165, 1.54) is 5.56 Å². The Kier molecular flexibility index (Phi) is 7.79. The summed E-state index contributed by atoms with van der Waals surface area (Å²) in [4.78, 5) is 44.0. The average Bonchev–Trinajstić information content (AvgIpc) is 2.85. The predicted octanol–water partition coefficient (Wildman–Crippen LogP) is 1.96. The Morgan fingerprint density at radius 3 is 2.25 bits per heavy atom. The van der Waals surface area contributed by atoms with Crippen molar-refractivity contribution < 1.29 is 19.1 Å². The van der Waals surface area contributed by atoms with Gasteiger partial charge in [0, 0.05) is 51.6 Å². The number of morpholine rings is 1. The fourth-order valence-electron chi connectivity index (χ4n) is 5.10. The summed E-state index contributed by atoms with van der Waals surface area (Å²) in [6, 6.07) is 10.3. The van der Waals surface area contributed by atoms with Crippen LogP contribution in [0.2, 0.25) is 0 Å². The number of hydrogen-bond donors (Lipinski definition) is 0. The highest BCUT2D eigenvalue weighted by Gasteiger charge is 2.36. The number of rotatable bonds is 6. The van der Waals surface area contributed by atoms with E-state index in [1.807, 2.05) is 32.9 Å². The molecule has 0 radical (unpaired) electrons. The van der Waals surface area contributed by atoms with Gasteiger partial charge in [-0.25, -0.2) is 0 Å². The van der Waals surface area contributed by atoms with E-state index < -0.39 is 0 Å². The Hall–Kier alpha value is -2.41. The Balaban J connectivity index is 1.23. The molecular weight excluding hydrogens is 406 g/mol. The van der Waals surface area contributed by atoms with Gasteiger partial charge in [0.1, 0.15) is 0 Å². The standard InChI is InChI=1S/C25H35N3O4/c29-23-9-8-22(19-28(23)12-4-7-20-5-2-1-3-6-20)25(31)26-13-10-21(11-14-26)24(30)27-15-17-32-18-16-27/h1-3,5-6,21-22H,4,7-19H2/t22-/m1/s1. The van der Waals surface area contributed by atoms with E-state index in [0.717, 1.165) is 25.7 Å². The highest BCUT2D eigenvalue weighted by Crippen LogP contribution is 2.25. The van der Waals surface area contributed by atoms with Crippen LogP contribution in [0.3, 0.4) is 0 Å². The van der Waals surface area contributed by atoms with Crippen molar-refractivity contribution >= 4 is 17.7 Å². The molecule has 3 aliphatic rings. The molecule has 3 heterocycles. The molecule has 0 N–H and O–H groups in total. The van der Waals surface area contributed by atoms with Gasteiger partial charge in [0.2, 0.25) is 17.7 Å². The van der Waals surface area contributed by atoms with Crippen molar-refractivity contribution in [2.45, 2.75) is 38.5 Å². The van der Waals surface area contributed by atoms with Gasteiger partial charge in [-0.05, 0) is 37.7 Å². The molecule has 0 saturated carbocycles. The molecule has 7 nitrogen and oxygen atoms in total. The summed E-state index contributed by atoms with van der Waals surface area (Å²) in [7, 11) is 0. The molecular formula is C25H35N3O4. The summed E-state index contributed by atoms with van der Waals surface area (Å²) in [5, 5.41) is 0. The number of carbonyl (C=O) groups is 3.